The molecule has 3 atom stereocenters. The van der Waals surface area contributed by atoms with Crippen molar-refractivity contribution in [2.75, 3.05) is 12.0 Å². The van der Waals surface area contributed by atoms with Crippen molar-refractivity contribution in [3.63, 3.8) is 0 Å². The monoisotopic (exact) mass is 296 g/mol. The van der Waals surface area contributed by atoms with Crippen molar-refractivity contribution in [2.45, 2.75) is 38.5 Å². The SMILES string of the molecule is CSCC(C)NC(=O)NC(C)CC(O)c1ccccc1. The van der Waals surface area contributed by atoms with Crippen LogP contribution in [-0.2, 0) is 0 Å². The van der Waals surface area contributed by atoms with Gasteiger partial charge in [0.2, 0.25) is 0 Å². The van der Waals surface area contributed by atoms with E-state index in [2.05, 4.69) is 10.6 Å². The first kappa shape index (κ1) is 16.9. The van der Waals surface area contributed by atoms with Gasteiger partial charge in [-0.1, -0.05) is 30.3 Å². The summed E-state index contributed by atoms with van der Waals surface area (Å²) in [6.07, 6.45) is 1.94. The number of amides is 2. The molecule has 3 unspecified atom stereocenters. The van der Waals surface area contributed by atoms with Crippen molar-refractivity contribution < 1.29 is 9.90 Å². The van der Waals surface area contributed by atoms with Crippen molar-refractivity contribution in [3.05, 3.63) is 35.9 Å². The van der Waals surface area contributed by atoms with E-state index in [1.54, 1.807) is 11.8 Å². The Morgan fingerprint density at radius 1 is 1.20 bits per heavy atom. The molecule has 0 bridgehead atoms. The topological polar surface area (TPSA) is 61.4 Å². The molecule has 0 radical (unpaired) electrons. The molecule has 3 N–H and O–H groups in total. The maximum absolute atomic E-state index is 11.7. The van der Waals surface area contributed by atoms with Gasteiger partial charge in [-0.15, -0.1) is 0 Å². The highest BCUT2D eigenvalue weighted by molar-refractivity contribution is 7.98. The average molecular weight is 296 g/mol. The molecule has 2 amide bonds. The summed E-state index contributed by atoms with van der Waals surface area (Å²) in [6, 6.07) is 9.34. The van der Waals surface area contributed by atoms with Gasteiger partial charge in [0.15, 0.2) is 0 Å². The highest BCUT2D eigenvalue weighted by atomic mass is 32.2. The molecule has 1 aromatic rings. The Kier molecular flexibility index (Phi) is 7.47. The second kappa shape index (κ2) is 8.87. The third-order valence-corrected chi connectivity index (χ3v) is 3.77. The van der Waals surface area contributed by atoms with Crippen molar-refractivity contribution in [1.82, 2.24) is 10.6 Å². The summed E-state index contributed by atoms with van der Waals surface area (Å²) in [5, 5.41) is 15.8. The zero-order valence-corrected chi connectivity index (χ0v) is 13.1. The average Bonchev–Trinajstić information content (AvgIpc) is 2.39. The molecule has 0 aromatic heterocycles. The number of carbonyl (C=O) groups excluding carboxylic acids is 1. The van der Waals surface area contributed by atoms with Crippen molar-refractivity contribution in [2.24, 2.45) is 0 Å². The van der Waals surface area contributed by atoms with E-state index in [0.717, 1.165) is 11.3 Å². The van der Waals surface area contributed by atoms with Gasteiger partial charge in [0, 0.05) is 17.8 Å². The van der Waals surface area contributed by atoms with Gasteiger partial charge < -0.3 is 15.7 Å². The predicted molar refractivity (Wildman–Crippen MR) is 85.0 cm³/mol. The molecule has 5 heteroatoms. The molecule has 20 heavy (non-hydrogen) atoms. The first-order valence-electron chi connectivity index (χ1n) is 6.82. The van der Waals surface area contributed by atoms with Gasteiger partial charge in [0.1, 0.15) is 0 Å². The second-order valence-corrected chi connectivity index (χ2v) is 5.95. The number of rotatable bonds is 7. The van der Waals surface area contributed by atoms with E-state index in [4.69, 9.17) is 0 Å². The van der Waals surface area contributed by atoms with Crippen LogP contribution in [-0.4, -0.2) is 35.2 Å². The number of benzene rings is 1. The normalized spacial score (nSPS) is 15.2. The van der Waals surface area contributed by atoms with E-state index in [1.165, 1.54) is 0 Å². The molecule has 1 aromatic carbocycles. The molecule has 0 aliphatic carbocycles. The Balaban J connectivity index is 2.36. The molecule has 0 aliphatic rings. The Bertz CT molecular complexity index is 400. The summed E-state index contributed by atoms with van der Waals surface area (Å²) in [5.41, 5.74) is 0.873. The number of carbonyl (C=O) groups is 1. The maximum atomic E-state index is 11.7. The zero-order chi connectivity index (χ0) is 15.0. The standard InChI is InChI=1S/C15H24N2O2S/c1-11(16-15(19)17-12(2)10-20-3)9-14(18)13-7-5-4-6-8-13/h4-8,11-12,14,18H,9-10H2,1-3H3,(H2,16,17,19). The molecular formula is C15H24N2O2S. The van der Waals surface area contributed by atoms with Gasteiger partial charge in [-0.2, -0.15) is 11.8 Å². The first-order chi connectivity index (χ1) is 9.52. The van der Waals surface area contributed by atoms with Crippen LogP contribution in [0, 0.1) is 0 Å². The smallest absolute Gasteiger partial charge is 0.315 e. The van der Waals surface area contributed by atoms with Gasteiger partial charge in [-0.3, -0.25) is 0 Å². The minimum atomic E-state index is -0.560. The van der Waals surface area contributed by atoms with Crippen LogP contribution in [0.5, 0.6) is 0 Å². The third kappa shape index (κ3) is 6.30. The van der Waals surface area contributed by atoms with Gasteiger partial charge in [-0.05, 0) is 32.1 Å². The first-order valence-corrected chi connectivity index (χ1v) is 8.21. The molecule has 0 saturated heterocycles. The molecule has 1 rings (SSSR count). The predicted octanol–water partition coefficient (Wildman–Crippen LogP) is 2.55. The molecule has 0 heterocycles. The van der Waals surface area contributed by atoms with E-state index >= 15 is 0 Å². The Hall–Kier alpha value is -1.20. The van der Waals surface area contributed by atoms with E-state index in [9.17, 15) is 9.90 Å². The number of urea groups is 1. The number of nitrogens with one attached hydrogen (secondary N) is 2. The van der Waals surface area contributed by atoms with Gasteiger partial charge in [0.05, 0.1) is 6.10 Å². The summed E-state index contributed by atoms with van der Waals surface area (Å²) in [7, 11) is 0. The summed E-state index contributed by atoms with van der Waals surface area (Å²) in [5.74, 6) is 0.883. The number of thioether (sulfide) groups is 1. The summed E-state index contributed by atoms with van der Waals surface area (Å²) < 4.78 is 0. The Labute approximate surface area is 125 Å². The molecule has 0 spiro atoms. The number of aliphatic hydroxyl groups excluding tert-OH is 1. The van der Waals surface area contributed by atoms with Crippen molar-refractivity contribution in [1.29, 1.82) is 0 Å². The largest absolute Gasteiger partial charge is 0.388 e. The summed E-state index contributed by atoms with van der Waals surface area (Å²) >= 11 is 1.70. The van der Waals surface area contributed by atoms with Crippen LogP contribution in [0.1, 0.15) is 31.9 Å². The number of aliphatic hydroxyl groups is 1. The fraction of sp³-hybridized carbons (Fsp3) is 0.533. The summed E-state index contributed by atoms with van der Waals surface area (Å²) in [4.78, 5) is 11.7. The van der Waals surface area contributed by atoms with E-state index < -0.39 is 6.10 Å². The van der Waals surface area contributed by atoms with Gasteiger partial charge >= 0.3 is 6.03 Å². The fourth-order valence-electron chi connectivity index (χ4n) is 1.99. The minimum Gasteiger partial charge on any atom is -0.388 e. The number of hydrogen-bond acceptors (Lipinski definition) is 3. The Morgan fingerprint density at radius 3 is 2.40 bits per heavy atom. The lowest BCUT2D eigenvalue weighted by atomic mass is 10.0. The van der Waals surface area contributed by atoms with E-state index in [0.29, 0.717) is 6.42 Å². The van der Waals surface area contributed by atoms with Crippen LogP contribution in [0.25, 0.3) is 0 Å². The van der Waals surface area contributed by atoms with Gasteiger partial charge in [0.25, 0.3) is 0 Å². The van der Waals surface area contributed by atoms with E-state index in [-0.39, 0.29) is 18.1 Å². The summed E-state index contributed by atoms with van der Waals surface area (Å²) in [6.45, 7) is 3.87. The van der Waals surface area contributed by atoms with Crippen LogP contribution in [0.2, 0.25) is 0 Å². The highest BCUT2D eigenvalue weighted by Crippen LogP contribution is 2.17. The van der Waals surface area contributed by atoms with Crippen LogP contribution in [0.15, 0.2) is 30.3 Å². The fourth-order valence-corrected chi connectivity index (χ4v) is 2.57. The molecular weight excluding hydrogens is 272 g/mol. The van der Waals surface area contributed by atoms with Crippen LogP contribution in [0.4, 0.5) is 4.79 Å². The van der Waals surface area contributed by atoms with Crippen LogP contribution >= 0.6 is 11.8 Å². The van der Waals surface area contributed by atoms with Gasteiger partial charge in [-0.25, -0.2) is 4.79 Å². The van der Waals surface area contributed by atoms with Crippen LogP contribution < -0.4 is 10.6 Å². The molecule has 0 saturated carbocycles. The lowest BCUT2D eigenvalue weighted by Gasteiger charge is -2.20. The zero-order valence-electron chi connectivity index (χ0n) is 12.3. The molecule has 112 valence electrons. The third-order valence-electron chi connectivity index (χ3n) is 2.93. The van der Waals surface area contributed by atoms with E-state index in [1.807, 2.05) is 50.4 Å². The van der Waals surface area contributed by atoms with Crippen molar-refractivity contribution >= 4 is 17.8 Å². The van der Waals surface area contributed by atoms with Crippen molar-refractivity contribution in [3.8, 4) is 0 Å². The maximum Gasteiger partial charge on any atom is 0.315 e. The lowest BCUT2D eigenvalue weighted by Crippen LogP contribution is -2.45. The second-order valence-electron chi connectivity index (χ2n) is 5.04. The molecule has 0 fully saturated rings. The quantitative estimate of drug-likeness (QED) is 0.724. The highest BCUT2D eigenvalue weighted by Gasteiger charge is 2.15. The molecule has 0 aliphatic heterocycles. The number of hydrogen-bond donors (Lipinski definition) is 3. The molecule has 4 nitrogen and oxygen atoms in total. The Morgan fingerprint density at radius 2 is 1.80 bits per heavy atom. The lowest BCUT2D eigenvalue weighted by molar-refractivity contribution is 0.154. The minimum absolute atomic E-state index is 0.0910. The van der Waals surface area contributed by atoms with Crippen LogP contribution in [0.3, 0.4) is 0 Å².